The summed E-state index contributed by atoms with van der Waals surface area (Å²) in [6.07, 6.45) is 0. The van der Waals surface area contributed by atoms with Crippen LogP contribution in [0, 0.1) is 5.92 Å². The second kappa shape index (κ2) is 5.32. The maximum absolute atomic E-state index is 11.4. The number of halogens is 1. The average Bonchev–Trinajstić information content (AvgIpc) is 2.01. The molecule has 0 saturated carbocycles. The Morgan fingerprint density at radius 1 is 1.23 bits per heavy atom. The van der Waals surface area contributed by atoms with Crippen molar-refractivity contribution in [1.82, 2.24) is 4.72 Å². The van der Waals surface area contributed by atoms with Crippen LogP contribution in [0.25, 0.3) is 0 Å². The van der Waals surface area contributed by atoms with Crippen molar-refractivity contribution in [3.05, 3.63) is 0 Å². The number of alkyl halides is 1. The molecule has 13 heavy (non-hydrogen) atoms. The van der Waals surface area contributed by atoms with Gasteiger partial charge in [-0.2, -0.15) is 0 Å². The molecule has 0 spiro atoms. The molecule has 5 heteroatoms. The lowest BCUT2D eigenvalue weighted by atomic mass is 10.1. The van der Waals surface area contributed by atoms with E-state index in [9.17, 15) is 8.42 Å². The molecule has 2 unspecified atom stereocenters. The van der Waals surface area contributed by atoms with Gasteiger partial charge in [0.2, 0.25) is 10.0 Å². The van der Waals surface area contributed by atoms with Crippen LogP contribution in [0.3, 0.4) is 0 Å². The zero-order valence-corrected chi connectivity index (χ0v) is 10.9. The molecule has 0 radical (unpaired) electrons. The summed E-state index contributed by atoms with van der Waals surface area (Å²) in [7, 11) is -3.12. The van der Waals surface area contributed by atoms with E-state index in [1.54, 1.807) is 13.8 Å². The quantitative estimate of drug-likeness (QED) is 0.775. The minimum atomic E-state index is -3.12. The van der Waals surface area contributed by atoms with Crippen molar-refractivity contribution < 1.29 is 8.42 Å². The topological polar surface area (TPSA) is 46.2 Å². The molecular formula is C8H18BrNO2S. The molecule has 0 aliphatic rings. The molecular weight excluding hydrogens is 254 g/mol. The van der Waals surface area contributed by atoms with E-state index in [1.165, 1.54) is 0 Å². The van der Waals surface area contributed by atoms with Gasteiger partial charge in [-0.25, -0.2) is 13.1 Å². The smallest absolute Gasteiger partial charge is 0.212 e. The number of hydrogen-bond donors (Lipinski definition) is 1. The zero-order valence-electron chi connectivity index (χ0n) is 8.54. The Labute approximate surface area is 89.5 Å². The maximum atomic E-state index is 11.4. The molecule has 0 amide bonds. The average molecular weight is 272 g/mol. The lowest BCUT2D eigenvalue weighted by Crippen LogP contribution is -2.41. The third-order valence-electron chi connectivity index (χ3n) is 2.07. The van der Waals surface area contributed by atoms with Gasteiger partial charge in [-0.3, -0.25) is 0 Å². The Morgan fingerprint density at radius 2 is 1.69 bits per heavy atom. The summed E-state index contributed by atoms with van der Waals surface area (Å²) in [6.45, 7) is 7.23. The van der Waals surface area contributed by atoms with Crippen molar-refractivity contribution >= 4 is 26.0 Å². The standard InChI is InChI=1S/C8H18BrNO2S/c1-6(2)13(11,12)10-8(4)7(3)5-9/h6-8,10H,5H2,1-4H3. The van der Waals surface area contributed by atoms with E-state index in [0.717, 1.165) is 5.33 Å². The maximum Gasteiger partial charge on any atom is 0.214 e. The summed E-state index contributed by atoms with van der Waals surface area (Å²) < 4.78 is 25.5. The highest BCUT2D eigenvalue weighted by molar-refractivity contribution is 9.09. The Balaban J connectivity index is 4.29. The first-order chi connectivity index (χ1) is 5.81. The number of rotatable bonds is 5. The van der Waals surface area contributed by atoms with Crippen molar-refractivity contribution in [1.29, 1.82) is 0 Å². The summed E-state index contributed by atoms with van der Waals surface area (Å²) in [6, 6.07) is -0.0215. The van der Waals surface area contributed by atoms with Crippen molar-refractivity contribution in [2.45, 2.75) is 39.0 Å². The van der Waals surface area contributed by atoms with Gasteiger partial charge >= 0.3 is 0 Å². The van der Waals surface area contributed by atoms with Crippen molar-refractivity contribution in [3.8, 4) is 0 Å². The van der Waals surface area contributed by atoms with Gasteiger partial charge in [0.05, 0.1) is 5.25 Å². The van der Waals surface area contributed by atoms with Gasteiger partial charge in [0.1, 0.15) is 0 Å². The van der Waals surface area contributed by atoms with E-state index in [1.807, 2.05) is 13.8 Å². The van der Waals surface area contributed by atoms with Gasteiger partial charge in [-0.15, -0.1) is 0 Å². The van der Waals surface area contributed by atoms with E-state index in [4.69, 9.17) is 0 Å². The summed E-state index contributed by atoms with van der Waals surface area (Å²) >= 11 is 3.33. The van der Waals surface area contributed by atoms with E-state index >= 15 is 0 Å². The molecule has 0 aliphatic carbocycles. The van der Waals surface area contributed by atoms with Crippen LogP contribution >= 0.6 is 15.9 Å². The van der Waals surface area contributed by atoms with Crippen LogP contribution in [0.4, 0.5) is 0 Å². The van der Waals surface area contributed by atoms with Gasteiger partial charge < -0.3 is 0 Å². The van der Waals surface area contributed by atoms with Crippen molar-refractivity contribution in [3.63, 3.8) is 0 Å². The fourth-order valence-corrected chi connectivity index (χ4v) is 2.23. The predicted octanol–water partition coefficient (Wildman–Crippen LogP) is 1.73. The molecule has 0 aromatic carbocycles. The van der Waals surface area contributed by atoms with Gasteiger partial charge in [0, 0.05) is 11.4 Å². The molecule has 2 atom stereocenters. The fourth-order valence-electron chi connectivity index (χ4n) is 0.645. The summed E-state index contributed by atoms with van der Waals surface area (Å²) in [5, 5.41) is 0.437. The first kappa shape index (κ1) is 13.4. The van der Waals surface area contributed by atoms with E-state index in [-0.39, 0.29) is 11.3 Å². The van der Waals surface area contributed by atoms with Crippen LogP contribution in [0.5, 0.6) is 0 Å². The fraction of sp³-hybridized carbons (Fsp3) is 1.00. The molecule has 1 N–H and O–H groups in total. The number of hydrogen-bond acceptors (Lipinski definition) is 2. The van der Waals surface area contributed by atoms with E-state index in [2.05, 4.69) is 20.7 Å². The highest BCUT2D eigenvalue weighted by atomic mass is 79.9. The molecule has 0 fully saturated rings. The van der Waals surface area contributed by atoms with Crippen molar-refractivity contribution in [2.24, 2.45) is 5.92 Å². The van der Waals surface area contributed by atoms with Crippen LogP contribution in [0.15, 0.2) is 0 Å². The third kappa shape index (κ3) is 4.42. The molecule has 0 aromatic heterocycles. The highest BCUT2D eigenvalue weighted by Gasteiger charge is 2.21. The summed E-state index contributed by atoms with van der Waals surface area (Å²) in [5.74, 6) is 0.300. The SMILES string of the molecule is CC(CBr)C(C)NS(=O)(=O)C(C)C. The van der Waals surface area contributed by atoms with E-state index < -0.39 is 10.0 Å². The lowest BCUT2D eigenvalue weighted by Gasteiger charge is -2.20. The molecule has 0 saturated heterocycles. The Morgan fingerprint density at radius 3 is 2.00 bits per heavy atom. The first-order valence-electron chi connectivity index (χ1n) is 4.38. The summed E-state index contributed by atoms with van der Waals surface area (Å²) in [4.78, 5) is 0. The third-order valence-corrected chi connectivity index (χ3v) is 5.03. The second-order valence-corrected chi connectivity index (χ2v) is 6.55. The highest BCUT2D eigenvalue weighted by Crippen LogP contribution is 2.08. The largest absolute Gasteiger partial charge is 0.214 e. The number of sulfonamides is 1. The molecule has 0 rings (SSSR count). The molecule has 80 valence electrons. The molecule has 3 nitrogen and oxygen atoms in total. The normalized spacial score (nSPS) is 17.4. The van der Waals surface area contributed by atoms with Crippen LogP contribution in [-0.4, -0.2) is 25.0 Å². The number of nitrogens with one attached hydrogen (secondary N) is 1. The minimum Gasteiger partial charge on any atom is -0.212 e. The van der Waals surface area contributed by atoms with E-state index in [0.29, 0.717) is 5.92 Å². The molecule has 0 aromatic rings. The van der Waals surface area contributed by atoms with Crippen LogP contribution < -0.4 is 4.72 Å². The minimum absolute atomic E-state index is 0.0215. The monoisotopic (exact) mass is 271 g/mol. The molecule has 0 heterocycles. The lowest BCUT2D eigenvalue weighted by molar-refractivity contribution is 0.481. The van der Waals surface area contributed by atoms with Crippen LogP contribution in [0.2, 0.25) is 0 Å². The van der Waals surface area contributed by atoms with Crippen molar-refractivity contribution in [2.75, 3.05) is 5.33 Å². The summed E-state index contributed by atoms with van der Waals surface area (Å²) in [5.41, 5.74) is 0. The molecule has 0 bridgehead atoms. The Kier molecular flexibility index (Phi) is 5.47. The van der Waals surface area contributed by atoms with Gasteiger partial charge in [-0.05, 0) is 26.7 Å². The second-order valence-electron chi connectivity index (χ2n) is 3.63. The van der Waals surface area contributed by atoms with Gasteiger partial charge in [-0.1, -0.05) is 22.9 Å². The van der Waals surface area contributed by atoms with Gasteiger partial charge in [0.25, 0.3) is 0 Å². The molecule has 0 aliphatic heterocycles. The Hall–Kier alpha value is 0.390. The predicted molar refractivity (Wildman–Crippen MR) is 59.6 cm³/mol. The first-order valence-corrected chi connectivity index (χ1v) is 7.05. The van der Waals surface area contributed by atoms with Crippen LogP contribution in [0.1, 0.15) is 27.7 Å². The van der Waals surface area contributed by atoms with Gasteiger partial charge in [0.15, 0.2) is 0 Å². The zero-order chi connectivity index (χ0) is 10.6. The Bertz CT molecular complexity index is 239. The van der Waals surface area contributed by atoms with Crippen LogP contribution in [-0.2, 0) is 10.0 Å².